The molecule has 19 heavy (non-hydrogen) atoms. The largest absolute Gasteiger partial charge is 0.394 e. The Morgan fingerprint density at radius 1 is 1.32 bits per heavy atom. The molecule has 4 heteroatoms. The van der Waals surface area contributed by atoms with Crippen molar-refractivity contribution in [1.29, 1.82) is 0 Å². The molecule has 0 fully saturated rings. The minimum atomic E-state index is -0.275. The topological polar surface area (TPSA) is 50.1 Å². The molecule has 1 aromatic carbocycles. The van der Waals surface area contributed by atoms with Gasteiger partial charge in [0.05, 0.1) is 12.9 Å². The molecule has 0 bridgehead atoms. The Hall–Kier alpha value is -1.65. The summed E-state index contributed by atoms with van der Waals surface area (Å²) < 4.78 is 1.97. The summed E-state index contributed by atoms with van der Waals surface area (Å²) in [6.45, 7) is 6.20. The average Bonchev–Trinajstić information content (AvgIpc) is 2.92. The third-order valence-electron chi connectivity index (χ3n) is 3.20. The predicted molar refractivity (Wildman–Crippen MR) is 76.3 cm³/mol. The van der Waals surface area contributed by atoms with Crippen LogP contribution in [-0.4, -0.2) is 26.8 Å². The first kappa shape index (κ1) is 13.8. The standard InChI is InChI=1S/C15H21N3O/c1-12(17-15(2,3)10-19)13-4-6-14(7-5-13)18-9-8-16-11-18/h4-9,11-12,17,19H,10H2,1-3H3. The number of aliphatic hydroxyl groups excluding tert-OH is 1. The van der Waals surface area contributed by atoms with Gasteiger partial charge in [-0.2, -0.15) is 0 Å². The fraction of sp³-hybridized carbons (Fsp3) is 0.400. The summed E-state index contributed by atoms with van der Waals surface area (Å²) >= 11 is 0. The number of nitrogens with one attached hydrogen (secondary N) is 1. The Balaban J connectivity index is 2.10. The molecule has 0 aliphatic carbocycles. The quantitative estimate of drug-likeness (QED) is 0.866. The van der Waals surface area contributed by atoms with E-state index in [4.69, 9.17) is 0 Å². The summed E-state index contributed by atoms with van der Waals surface area (Å²) in [4.78, 5) is 4.04. The van der Waals surface area contributed by atoms with Crippen molar-refractivity contribution in [2.24, 2.45) is 0 Å². The first-order chi connectivity index (χ1) is 9.02. The summed E-state index contributed by atoms with van der Waals surface area (Å²) in [7, 11) is 0. The van der Waals surface area contributed by atoms with Gasteiger partial charge < -0.3 is 15.0 Å². The smallest absolute Gasteiger partial charge is 0.0991 e. The van der Waals surface area contributed by atoms with Crippen LogP contribution in [0.2, 0.25) is 0 Å². The van der Waals surface area contributed by atoms with Crippen molar-refractivity contribution in [3.8, 4) is 5.69 Å². The van der Waals surface area contributed by atoms with Crippen molar-refractivity contribution < 1.29 is 5.11 Å². The Bertz CT molecular complexity index is 503. The molecule has 0 aliphatic rings. The first-order valence-electron chi connectivity index (χ1n) is 6.49. The van der Waals surface area contributed by atoms with Crippen LogP contribution in [0.15, 0.2) is 43.0 Å². The minimum absolute atomic E-state index is 0.116. The van der Waals surface area contributed by atoms with Crippen LogP contribution in [-0.2, 0) is 0 Å². The number of aromatic nitrogens is 2. The summed E-state index contributed by atoms with van der Waals surface area (Å²) in [6, 6.07) is 8.53. The van der Waals surface area contributed by atoms with Crippen LogP contribution in [0, 0.1) is 0 Å². The lowest BCUT2D eigenvalue weighted by Gasteiger charge is -2.28. The second kappa shape index (κ2) is 5.55. The summed E-state index contributed by atoms with van der Waals surface area (Å²) in [6.07, 6.45) is 5.47. The van der Waals surface area contributed by atoms with Gasteiger partial charge in [-0.15, -0.1) is 0 Å². The molecule has 1 unspecified atom stereocenters. The maximum atomic E-state index is 9.29. The van der Waals surface area contributed by atoms with Crippen molar-refractivity contribution in [1.82, 2.24) is 14.9 Å². The zero-order chi connectivity index (χ0) is 13.9. The van der Waals surface area contributed by atoms with Gasteiger partial charge in [0.2, 0.25) is 0 Å². The monoisotopic (exact) mass is 259 g/mol. The number of nitrogens with zero attached hydrogens (tertiary/aromatic N) is 2. The van der Waals surface area contributed by atoms with Crippen LogP contribution < -0.4 is 5.32 Å². The van der Waals surface area contributed by atoms with Gasteiger partial charge >= 0.3 is 0 Å². The third-order valence-corrected chi connectivity index (χ3v) is 3.20. The normalized spacial score (nSPS) is 13.5. The third kappa shape index (κ3) is 3.43. The van der Waals surface area contributed by atoms with E-state index in [1.165, 1.54) is 5.56 Å². The molecule has 0 saturated heterocycles. The number of hydrogen-bond donors (Lipinski definition) is 2. The molecule has 2 rings (SSSR count). The summed E-state index contributed by atoms with van der Waals surface area (Å²) in [5.41, 5.74) is 2.02. The van der Waals surface area contributed by atoms with Crippen LogP contribution >= 0.6 is 0 Å². The maximum Gasteiger partial charge on any atom is 0.0991 e. The Morgan fingerprint density at radius 2 is 2.00 bits per heavy atom. The van der Waals surface area contributed by atoms with Gasteiger partial charge in [0.1, 0.15) is 0 Å². The highest BCUT2D eigenvalue weighted by Gasteiger charge is 2.19. The second-order valence-corrected chi connectivity index (χ2v) is 5.47. The summed E-state index contributed by atoms with van der Waals surface area (Å²) in [5.74, 6) is 0. The fourth-order valence-electron chi connectivity index (χ4n) is 2.06. The number of rotatable bonds is 5. The van der Waals surface area contributed by atoms with Crippen molar-refractivity contribution in [3.63, 3.8) is 0 Å². The maximum absolute atomic E-state index is 9.29. The van der Waals surface area contributed by atoms with Crippen molar-refractivity contribution >= 4 is 0 Å². The molecule has 1 aromatic heterocycles. The van der Waals surface area contributed by atoms with Gasteiger partial charge in [-0.25, -0.2) is 4.98 Å². The van der Waals surface area contributed by atoms with Crippen molar-refractivity contribution in [3.05, 3.63) is 48.5 Å². The van der Waals surface area contributed by atoms with Gasteiger partial charge in [-0.1, -0.05) is 12.1 Å². The van der Waals surface area contributed by atoms with E-state index in [2.05, 4.69) is 41.5 Å². The van der Waals surface area contributed by atoms with Gasteiger partial charge in [0.25, 0.3) is 0 Å². The zero-order valence-corrected chi connectivity index (χ0v) is 11.7. The van der Waals surface area contributed by atoms with E-state index in [1.54, 1.807) is 12.5 Å². The lowest BCUT2D eigenvalue weighted by molar-refractivity contribution is 0.178. The van der Waals surface area contributed by atoms with Crippen LogP contribution in [0.25, 0.3) is 5.69 Å². The van der Waals surface area contributed by atoms with Crippen LogP contribution in [0.4, 0.5) is 0 Å². The Kier molecular flexibility index (Phi) is 4.02. The van der Waals surface area contributed by atoms with E-state index in [0.29, 0.717) is 0 Å². The lowest BCUT2D eigenvalue weighted by Crippen LogP contribution is -2.43. The van der Waals surface area contributed by atoms with E-state index in [0.717, 1.165) is 5.69 Å². The van der Waals surface area contributed by atoms with E-state index in [9.17, 15) is 5.11 Å². The molecule has 4 nitrogen and oxygen atoms in total. The molecule has 0 aliphatic heterocycles. The van der Waals surface area contributed by atoms with Crippen LogP contribution in [0.1, 0.15) is 32.4 Å². The van der Waals surface area contributed by atoms with Gasteiger partial charge in [-0.3, -0.25) is 0 Å². The predicted octanol–water partition coefficient (Wildman–Crippen LogP) is 2.29. The number of benzene rings is 1. The molecule has 102 valence electrons. The van der Waals surface area contributed by atoms with E-state index in [1.807, 2.05) is 24.6 Å². The number of aliphatic hydroxyl groups is 1. The Morgan fingerprint density at radius 3 is 2.53 bits per heavy atom. The van der Waals surface area contributed by atoms with Crippen molar-refractivity contribution in [2.75, 3.05) is 6.61 Å². The van der Waals surface area contributed by atoms with Gasteiger partial charge in [-0.05, 0) is 38.5 Å². The highest BCUT2D eigenvalue weighted by atomic mass is 16.3. The van der Waals surface area contributed by atoms with Crippen LogP contribution in [0.3, 0.4) is 0 Å². The zero-order valence-electron chi connectivity index (χ0n) is 11.7. The molecule has 2 aromatic rings. The number of imidazole rings is 1. The highest BCUT2D eigenvalue weighted by Crippen LogP contribution is 2.18. The minimum Gasteiger partial charge on any atom is -0.394 e. The van der Waals surface area contributed by atoms with Crippen LogP contribution in [0.5, 0.6) is 0 Å². The van der Waals surface area contributed by atoms with Crippen molar-refractivity contribution in [2.45, 2.75) is 32.4 Å². The molecule has 0 amide bonds. The molecular weight excluding hydrogens is 238 g/mol. The second-order valence-electron chi connectivity index (χ2n) is 5.47. The molecule has 2 N–H and O–H groups in total. The fourth-order valence-corrected chi connectivity index (χ4v) is 2.06. The molecule has 1 heterocycles. The highest BCUT2D eigenvalue weighted by molar-refractivity contribution is 5.35. The molecule has 1 atom stereocenters. The first-order valence-corrected chi connectivity index (χ1v) is 6.49. The average molecular weight is 259 g/mol. The molecule has 0 radical (unpaired) electrons. The summed E-state index contributed by atoms with van der Waals surface area (Å²) in [5, 5.41) is 12.7. The van der Waals surface area contributed by atoms with E-state index >= 15 is 0 Å². The Labute approximate surface area is 114 Å². The van der Waals surface area contributed by atoms with Gasteiger partial charge in [0.15, 0.2) is 0 Å². The SMILES string of the molecule is CC(NC(C)(C)CO)c1ccc(-n2ccnc2)cc1. The molecular formula is C15H21N3O. The number of hydrogen-bond acceptors (Lipinski definition) is 3. The van der Waals surface area contributed by atoms with E-state index in [-0.39, 0.29) is 18.2 Å². The molecule has 0 spiro atoms. The lowest BCUT2D eigenvalue weighted by atomic mass is 10.0. The van der Waals surface area contributed by atoms with Gasteiger partial charge in [0, 0.05) is 29.7 Å². The van der Waals surface area contributed by atoms with E-state index < -0.39 is 0 Å². The molecule has 0 saturated carbocycles.